The van der Waals surface area contributed by atoms with Gasteiger partial charge in [0.1, 0.15) is 0 Å². The van der Waals surface area contributed by atoms with E-state index in [1.54, 1.807) is 18.2 Å². The largest absolute Gasteiger partial charge is 0.382 e. The highest BCUT2D eigenvalue weighted by atomic mass is 32.2. The fraction of sp³-hybridized carbons (Fsp3) is 0.600. The van der Waals surface area contributed by atoms with Crippen LogP contribution in [0.25, 0.3) is 0 Å². The SMILES string of the molecule is CNS(=O)(=O)c1cccc(NC2CCC(C)CC2C)c1. The van der Waals surface area contributed by atoms with Gasteiger partial charge in [0.15, 0.2) is 0 Å². The highest BCUT2D eigenvalue weighted by Crippen LogP contribution is 2.31. The molecule has 0 spiro atoms. The minimum Gasteiger partial charge on any atom is -0.382 e. The Bertz CT molecular complexity index is 557. The van der Waals surface area contributed by atoms with Gasteiger partial charge in [-0.1, -0.05) is 19.9 Å². The Morgan fingerprint density at radius 1 is 1.20 bits per heavy atom. The smallest absolute Gasteiger partial charge is 0.240 e. The van der Waals surface area contributed by atoms with E-state index < -0.39 is 10.0 Å². The first-order valence-corrected chi connectivity index (χ1v) is 8.71. The zero-order valence-corrected chi connectivity index (χ0v) is 13.2. The number of hydrogen-bond donors (Lipinski definition) is 2. The van der Waals surface area contributed by atoms with Crippen LogP contribution in [0.5, 0.6) is 0 Å². The molecule has 0 heterocycles. The Morgan fingerprint density at radius 2 is 1.95 bits per heavy atom. The van der Waals surface area contributed by atoms with Gasteiger partial charge in [0.05, 0.1) is 4.90 Å². The molecule has 2 rings (SSSR count). The zero-order chi connectivity index (χ0) is 14.8. The Kier molecular flexibility index (Phi) is 4.70. The molecule has 20 heavy (non-hydrogen) atoms. The minimum atomic E-state index is -3.37. The molecule has 0 amide bonds. The summed E-state index contributed by atoms with van der Waals surface area (Å²) < 4.78 is 26.0. The maximum absolute atomic E-state index is 11.8. The maximum Gasteiger partial charge on any atom is 0.240 e. The molecule has 3 unspecified atom stereocenters. The molecule has 1 aliphatic carbocycles. The summed E-state index contributed by atoms with van der Waals surface area (Å²) >= 11 is 0. The molecule has 1 aromatic rings. The number of benzene rings is 1. The average molecular weight is 296 g/mol. The van der Waals surface area contributed by atoms with Gasteiger partial charge in [-0.15, -0.1) is 0 Å². The first kappa shape index (κ1) is 15.3. The van der Waals surface area contributed by atoms with E-state index in [1.165, 1.54) is 19.9 Å². The molecule has 0 saturated heterocycles. The summed E-state index contributed by atoms with van der Waals surface area (Å²) in [5.41, 5.74) is 0.882. The van der Waals surface area contributed by atoms with Gasteiger partial charge in [-0.2, -0.15) is 0 Å². The lowest BCUT2D eigenvalue weighted by Gasteiger charge is -2.33. The first-order valence-electron chi connectivity index (χ1n) is 7.22. The fourth-order valence-corrected chi connectivity index (χ4v) is 3.74. The molecule has 5 heteroatoms. The predicted octanol–water partition coefficient (Wildman–Crippen LogP) is 2.83. The first-order chi connectivity index (χ1) is 9.42. The molecule has 3 atom stereocenters. The third kappa shape index (κ3) is 3.52. The summed E-state index contributed by atoms with van der Waals surface area (Å²) in [5, 5.41) is 3.50. The fourth-order valence-electron chi connectivity index (χ4n) is 2.96. The average Bonchev–Trinajstić information content (AvgIpc) is 2.42. The summed E-state index contributed by atoms with van der Waals surface area (Å²) in [4.78, 5) is 0.307. The highest BCUT2D eigenvalue weighted by Gasteiger charge is 2.25. The molecular formula is C15H24N2O2S. The number of sulfonamides is 1. The molecule has 1 aromatic carbocycles. The van der Waals surface area contributed by atoms with Crippen molar-refractivity contribution < 1.29 is 8.42 Å². The van der Waals surface area contributed by atoms with E-state index >= 15 is 0 Å². The van der Waals surface area contributed by atoms with Crippen molar-refractivity contribution in [2.75, 3.05) is 12.4 Å². The lowest BCUT2D eigenvalue weighted by atomic mass is 9.80. The zero-order valence-electron chi connectivity index (χ0n) is 12.4. The van der Waals surface area contributed by atoms with Crippen LogP contribution in [-0.2, 0) is 10.0 Å². The Morgan fingerprint density at radius 3 is 2.60 bits per heavy atom. The van der Waals surface area contributed by atoms with Crippen molar-refractivity contribution >= 4 is 15.7 Å². The summed E-state index contributed by atoms with van der Waals surface area (Å²) in [5.74, 6) is 1.40. The molecule has 0 aromatic heterocycles. The molecule has 1 aliphatic rings. The third-order valence-corrected chi connectivity index (χ3v) is 5.61. The van der Waals surface area contributed by atoms with E-state index in [-0.39, 0.29) is 0 Å². The van der Waals surface area contributed by atoms with Crippen LogP contribution < -0.4 is 10.0 Å². The normalized spacial score (nSPS) is 27.2. The standard InChI is InChI=1S/C15H24N2O2S/c1-11-7-8-15(12(2)9-11)17-13-5-4-6-14(10-13)20(18,19)16-3/h4-6,10-12,15-17H,7-9H2,1-3H3. The molecule has 2 N–H and O–H groups in total. The highest BCUT2D eigenvalue weighted by molar-refractivity contribution is 7.89. The lowest BCUT2D eigenvalue weighted by molar-refractivity contribution is 0.276. The van der Waals surface area contributed by atoms with Gasteiger partial charge in [0.2, 0.25) is 10.0 Å². The Hall–Kier alpha value is -1.07. The summed E-state index contributed by atoms with van der Waals surface area (Å²) in [7, 11) is -1.94. The lowest BCUT2D eigenvalue weighted by Crippen LogP contribution is -2.33. The molecule has 0 bridgehead atoms. The van der Waals surface area contributed by atoms with E-state index in [4.69, 9.17) is 0 Å². The molecule has 112 valence electrons. The van der Waals surface area contributed by atoms with Crippen LogP contribution in [0.3, 0.4) is 0 Å². The minimum absolute atomic E-state index is 0.307. The van der Waals surface area contributed by atoms with Gasteiger partial charge in [-0.3, -0.25) is 0 Å². The molecule has 0 radical (unpaired) electrons. The number of nitrogens with one attached hydrogen (secondary N) is 2. The molecular weight excluding hydrogens is 272 g/mol. The second-order valence-electron chi connectivity index (χ2n) is 5.88. The van der Waals surface area contributed by atoms with E-state index in [9.17, 15) is 8.42 Å². The van der Waals surface area contributed by atoms with Crippen molar-refractivity contribution in [3.05, 3.63) is 24.3 Å². The van der Waals surface area contributed by atoms with Crippen molar-refractivity contribution in [3.8, 4) is 0 Å². The molecule has 1 saturated carbocycles. The van der Waals surface area contributed by atoms with Crippen LogP contribution in [0, 0.1) is 11.8 Å². The maximum atomic E-state index is 11.8. The summed E-state index contributed by atoms with van der Waals surface area (Å²) in [6.45, 7) is 4.56. The second-order valence-corrected chi connectivity index (χ2v) is 7.77. The quantitative estimate of drug-likeness (QED) is 0.898. The predicted molar refractivity (Wildman–Crippen MR) is 82.3 cm³/mol. The molecule has 0 aliphatic heterocycles. The van der Waals surface area contributed by atoms with Crippen molar-refractivity contribution in [2.24, 2.45) is 11.8 Å². The van der Waals surface area contributed by atoms with Crippen LogP contribution in [0.15, 0.2) is 29.2 Å². The van der Waals surface area contributed by atoms with Gasteiger partial charge < -0.3 is 5.32 Å². The second kappa shape index (κ2) is 6.14. The van der Waals surface area contributed by atoms with E-state index in [1.807, 2.05) is 6.07 Å². The third-order valence-electron chi connectivity index (χ3n) is 4.20. The van der Waals surface area contributed by atoms with Crippen LogP contribution in [0.2, 0.25) is 0 Å². The van der Waals surface area contributed by atoms with Crippen molar-refractivity contribution in [1.82, 2.24) is 4.72 Å². The van der Waals surface area contributed by atoms with Gasteiger partial charge in [0, 0.05) is 11.7 Å². The van der Waals surface area contributed by atoms with Gasteiger partial charge in [-0.05, 0) is 56.3 Å². The van der Waals surface area contributed by atoms with E-state index in [0.29, 0.717) is 16.9 Å². The van der Waals surface area contributed by atoms with Gasteiger partial charge in [-0.25, -0.2) is 13.1 Å². The Balaban J connectivity index is 2.12. The van der Waals surface area contributed by atoms with Crippen molar-refractivity contribution in [3.63, 3.8) is 0 Å². The number of anilines is 1. The Labute approximate surface area is 122 Å². The van der Waals surface area contributed by atoms with Crippen LogP contribution in [0.1, 0.15) is 33.1 Å². The van der Waals surface area contributed by atoms with Crippen LogP contribution >= 0.6 is 0 Å². The summed E-state index contributed by atoms with van der Waals surface area (Å²) in [6.07, 6.45) is 3.61. The van der Waals surface area contributed by atoms with E-state index in [0.717, 1.165) is 18.0 Å². The van der Waals surface area contributed by atoms with E-state index in [2.05, 4.69) is 23.9 Å². The number of rotatable bonds is 4. The van der Waals surface area contributed by atoms with Crippen LogP contribution in [-0.4, -0.2) is 21.5 Å². The topological polar surface area (TPSA) is 58.2 Å². The summed E-state index contributed by atoms with van der Waals surface area (Å²) in [6, 6.07) is 7.46. The van der Waals surface area contributed by atoms with Crippen molar-refractivity contribution in [1.29, 1.82) is 0 Å². The van der Waals surface area contributed by atoms with Gasteiger partial charge in [0.25, 0.3) is 0 Å². The van der Waals surface area contributed by atoms with Gasteiger partial charge >= 0.3 is 0 Å². The number of hydrogen-bond acceptors (Lipinski definition) is 3. The monoisotopic (exact) mass is 296 g/mol. The molecule has 1 fully saturated rings. The van der Waals surface area contributed by atoms with Crippen molar-refractivity contribution in [2.45, 2.75) is 44.0 Å². The molecule has 4 nitrogen and oxygen atoms in total. The van der Waals surface area contributed by atoms with Crippen LogP contribution in [0.4, 0.5) is 5.69 Å².